The summed E-state index contributed by atoms with van der Waals surface area (Å²) in [6, 6.07) is 9.68. The summed E-state index contributed by atoms with van der Waals surface area (Å²) >= 11 is 1.51. The maximum atomic E-state index is 14.4. The van der Waals surface area contributed by atoms with E-state index in [1.165, 1.54) is 29.5 Å². The lowest BCUT2D eigenvalue weighted by atomic mass is 10.0. The zero-order valence-corrected chi connectivity index (χ0v) is 21.8. The average molecular weight is 560 g/mol. The van der Waals surface area contributed by atoms with E-state index in [0.717, 1.165) is 47.6 Å². The predicted octanol–water partition coefficient (Wildman–Crippen LogP) is 7.36. The van der Waals surface area contributed by atoms with Gasteiger partial charge in [0.2, 0.25) is 0 Å². The Morgan fingerprint density at radius 3 is 2.72 bits per heavy atom. The van der Waals surface area contributed by atoms with Gasteiger partial charge in [-0.05, 0) is 62.4 Å². The molecule has 2 saturated carbocycles. The zero-order chi connectivity index (χ0) is 26.9. The number of piperidine rings is 1. The molecule has 3 heterocycles. The van der Waals surface area contributed by atoms with E-state index in [0.29, 0.717) is 22.5 Å². The van der Waals surface area contributed by atoms with Crippen molar-refractivity contribution < 1.29 is 31.6 Å². The molecule has 1 aliphatic heterocycles. The molecule has 6 nitrogen and oxygen atoms in total. The number of hydrogen-bond acceptors (Lipinski definition) is 7. The standard InChI is InChI=1S/C28H25F4N3O3S/c1-14-8-20(29)25-23(9-14)39-27(33-25)35-12-16-10-17(35)11-22(16)36-13-19-24(34-38-26(19)15-6-7-15)18-4-2-3-5-21(18)37-28(30,31)32/h2-5,8-9,15-17,22H,6-7,10-13H2,1H3. The van der Waals surface area contributed by atoms with Crippen LogP contribution in [0.4, 0.5) is 22.7 Å². The van der Waals surface area contributed by atoms with Crippen molar-refractivity contribution in [3.63, 3.8) is 0 Å². The van der Waals surface area contributed by atoms with Gasteiger partial charge in [-0.15, -0.1) is 13.2 Å². The second-order valence-corrected chi connectivity index (χ2v) is 11.7. The molecule has 0 radical (unpaired) electrons. The van der Waals surface area contributed by atoms with Crippen LogP contribution in [0.25, 0.3) is 21.5 Å². The van der Waals surface area contributed by atoms with Gasteiger partial charge in [-0.1, -0.05) is 28.6 Å². The van der Waals surface area contributed by atoms with Crippen molar-refractivity contribution in [2.45, 2.75) is 63.6 Å². The first-order valence-corrected chi connectivity index (χ1v) is 13.8. The van der Waals surface area contributed by atoms with Crippen molar-refractivity contribution in [1.29, 1.82) is 0 Å². The molecule has 2 aromatic carbocycles. The van der Waals surface area contributed by atoms with E-state index >= 15 is 0 Å². The molecule has 39 heavy (non-hydrogen) atoms. The summed E-state index contributed by atoms with van der Waals surface area (Å²) in [4.78, 5) is 6.86. The fourth-order valence-corrected chi connectivity index (χ4v) is 7.14. The number of nitrogens with zero attached hydrogens (tertiary/aromatic N) is 3. The lowest BCUT2D eigenvalue weighted by Crippen LogP contribution is -2.38. The van der Waals surface area contributed by atoms with Gasteiger partial charge < -0.3 is 18.9 Å². The number of anilines is 1. The quantitative estimate of drug-likeness (QED) is 0.221. The van der Waals surface area contributed by atoms with Crippen LogP contribution in [0.15, 0.2) is 40.9 Å². The van der Waals surface area contributed by atoms with Gasteiger partial charge in [0.05, 0.1) is 17.4 Å². The number of fused-ring (bicyclic) bond motifs is 3. The van der Waals surface area contributed by atoms with E-state index in [1.54, 1.807) is 12.1 Å². The average Bonchev–Trinajstić information content (AvgIpc) is 3.21. The number of benzene rings is 2. The SMILES string of the molecule is Cc1cc(F)c2nc(N3CC4CC3CC4OCc3c(-c4ccccc4OC(F)(F)F)noc3C3CC3)sc2c1. The molecule has 3 aliphatic rings. The Morgan fingerprint density at radius 1 is 1.15 bits per heavy atom. The number of hydrogen-bond donors (Lipinski definition) is 0. The molecule has 0 spiro atoms. The molecule has 7 rings (SSSR count). The van der Waals surface area contributed by atoms with Crippen molar-refractivity contribution in [1.82, 2.24) is 10.1 Å². The molecule has 204 valence electrons. The lowest BCUT2D eigenvalue weighted by Gasteiger charge is -2.31. The molecule has 3 fully saturated rings. The van der Waals surface area contributed by atoms with Crippen molar-refractivity contribution >= 4 is 26.7 Å². The lowest BCUT2D eigenvalue weighted by molar-refractivity contribution is -0.274. The number of ether oxygens (including phenoxy) is 2. The summed E-state index contributed by atoms with van der Waals surface area (Å²) in [5.41, 5.74) is 2.53. The first-order valence-electron chi connectivity index (χ1n) is 13.0. The summed E-state index contributed by atoms with van der Waals surface area (Å²) in [6.07, 6.45) is -1.16. The topological polar surface area (TPSA) is 60.6 Å². The third-order valence-electron chi connectivity index (χ3n) is 7.88. The molecule has 0 N–H and O–H groups in total. The zero-order valence-electron chi connectivity index (χ0n) is 21.0. The molecule has 4 aromatic rings. The summed E-state index contributed by atoms with van der Waals surface area (Å²) in [6.45, 7) is 2.84. The van der Waals surface area contributed by atoms with Crippen LogP contribution in [0.3, 0.4) is 0 Å². The number of aryl methyl sites for hydroxylation is 1. The van der Waals surface area contributed by atoms with Crippen molar-refractivity contribution in [2.24, 2.45) is 5.92 Å². The highest BCUT2D eigenvalue weighted by atomic mass is 32.1. The first kappa shape index (κ1) is 24.8. The minimum absolute atomic E-state index is 0.00363. The van der Waals surface area contributed by atoms with Crippen LogP contribution in [-0.4, -0.2) is 35.2 Å². The summed E-state index contributed by atoms with van der Waals surface area (Å²) < 4.78 is 70.8. The molecule has 11 heteroatoms. The van der Waals surface area contributed by atoms with Crippen molar-refractivity contribution in [3.8, 4) is 17.0 Å². The van der Waals surface area contributed by atoms with Crippen LogP contribution in [0, 0.1) is 18.7 Å². The highest BCUT2D eigenvalue weighted by molar-refractivity contribution is 7.22. The summed E-state index contributed by atoms with van der Waals surface area (Å²) in [5, 5.41) is 5.00. The van der Waals surface area contributed by atoms with Crippen molar-refractivity contribution in [2.75, 3.05) is 11.4 Å². The molecule has 0 amide bonds. The maximum Gasteiger partial charge on any atom is 0.573 e. The Hall–Kier alpha value is -3.18. The maximum absolute atomic E-state index is 14.4. The van der Waals surface area contributed by atoms with Crippen LogP contribution < -0.4 is 9.64 Å². The molecular weight excluding hydrogens is 534 g/mol. The van der Waals surface area contributed by atoms with Crippen molar-refractivity contribution in [3.05, 3.63) is 59.1 Å². The number of thiazole rings is 1. The summed E-state index contributed by atoms with van der Waals surface area (Å²) in [5.74, 6) is 0.556. The third-order valence-corrected chi connectivity index (χ3v) is 8.92. The molecule has 3 atom stereocenters. The molecule has 1 saturated heterocycles. The largest absolute Gasteiger partial charge is 0.573 e. The molecule has 2 aliphatic carbocycles. The Labute approximate surface area is 225 Å². The van der Waals surface area contributed by atoms with Crippen LogP contribution in [0.1, 0.15) is 48.5 Å². The highest BCUT2D eigenvalue weighted by Crippen LogP contribution is 2.48. The van der Waals surface area contributed by atoms with E-state index in [9.17, 15) is 17.6 Å². The Morgan fingerprint density at radius 2 is 1.97 bits per heavy atom. The van der Waals surface area contributed by atoms with Gasteiger partial charge in [0.25, 0.3) is 0 Å². The van der Waals surface area contributed by atoms with E-state index in [2.05, 4.69) is 19.8 Å². The Kier molecular flexibility index (Phi) is 5.85. The number of aromatic nitrogens is 2. The number of alkyl halides is 3. The van der Waals surface area contributed by atoms with Gasteiger partial charge in [-0.25, -0.2) is 9.37 Å². The van der Waals surface area contributed by atoms with Crippen LogP contribution in [-0.2, 0) is 11.3 Å². The normalized spacial score (nSPS) is 22.8. The second-order valence-electron chi connectivity index (χ2n) is 10.7. The van der Waals surface area contributed by atoms with E-state index < -0.39 is 6.36 Å². The van der Waals surface area contributed by atoms with Gasteiger partial charge in [0, 0.05) is 35.5 Å². The molecular formula is C28H25F4N3O3S. The number of rotatable bonds is 7. The van der Waals surface area contributed by atoms with Gasteiger partial charge >= 0.3 is 6.36 Å². The summed E-state index contributed by atoms with van der Waals surface area (Å²) in [7, 11) is 0. The predicted molar refractivity (Wildman–Crippen MR) is 137 cm³/mol. The Bertz CT molecular complexity index is 1550. The van der Waals surface area contributed by atoms with E-state index in [4.69, 9.17) is 9.26 Å². The van der Waals surface area contributed by atoms with Gasteiger partial charge in [-0.2, -0.15) is 0 Å². The number of para-hydroxylation sites is 1. The van der Waals surface area contributed by atoms with Crippen LogP contribution in [0.5, 0.6) is 5.75 Å². The molecule has 2 aromatic heterocycles. The van der Waals surface area contributed by atoms with E-state index in [1.807, 2.05) is 13.0 Å². The van der Waals surface area contributed by atoms with Crippen LogP contribution in [0.2, 0.25) is 0 Å². The van der Waals surface area contributed by atoms with Gasteiger partial charge in [-0.3, -0.25) is 0 Å². The fourth-order valence-electron chi connectivity index (χ4n) is 5.98. The monoisotopic (exact) mass is 559 g/mol. The Balaban J connectivity index is 1.09. The molecule has 3 unspecified atom stereocenters. The molecule has 2 bridgehead atoms. The number of halogens is 4. The van der Waals surface area contributed by atoms with Gasteiger partial charge in [0.15, 0.2) is 10.9 Å². The first-order chi connectivity index (χ1) is 18.7. The van der Waals surface area contributed by atoms with Gasteiger partial charge in [0.1, 0.15) is 22.7 Å². The third kappa shape index (κ3) is 4.65. The minimum atomic E-state index is -4.82. The minimum Gasteiger partial charge on any atom is -0.405 e. The fraction of sp³-hybridized carbons (Fsp3) is 0.429. The second kappa shape index (κ2) is 9.19. The van der Waals surface area contributed by atoms with Crippen LogP contribution >= 0.6 is 11.3 Å². The smallest absolute Gasteiger partial charge is 0.405 e. The highest BCUT2D eigenvalue weighted by Gasteiger charge is 2.46. The van der Waals surface area contributed by atoms with E-state index in [-0.39, 0.29) is 47.7 Å².